The van der Waals surface area contributed by atoms with Crippen molar-refractivity contribution in [2.24, 2.45) is 5.92 Å². The molecule has 0 spiro atoms. The van der Waals surface area contributed by atoms with E-state index in [4.69, 9.17) is 14.2 Å². The third-order valence-electron chi connectivity index (χ3n) is 4.80. The van der Waals surface area contributed by atoms with E-state index in [0.29, 0.717) is 37.7 Å². The van der Waals surface area contributed by atoms with Crippen LogP contribution in [0.5, 0.6) is 11.5 Å². The van der Waals surface area contributed by atoms with Crippen LogP contribution < -0.4 is 9.47 Å². The molecule has 1 aliphatic heterocycles. The fourth-order valence-electron chi connectivity index (χ4n) is 3.40. The van der Waals surface area contributed by atoms with Crippen molar-refractivity contribution in [1.82, 2.24) is 4.90 Å². The lowest BCUT2D eigenvalue weighted by atomic mass is 10.1. The van der Waals surface area contributed by atoms with Gasteiger partial charge in [-0.2, -0.15) is 0 Å². The van der Waals surface area contributed by atoms with Crippen LogP contribution in [0.3, 0.4) is 0 Å². The summed E-state index contributed by atoms with van der Waals surface area (Å²) < 4.78 is 40.1. The Kier molecular flexibility index (Phi) is 9.15. The zero-order valence-corrected chi connectivity index (χ0v) is 19.6. The molecule has 174 valence electrons. The molecule has 1 amide bonds. The molecule has 0 aromatic heterocycles. The van der Waals surface area contributed by atoms with Gasteiger partial charge < -0.3 is 19.1 Å². The first-order valence-electron chi connectivity index (χ1n) is 10.7. The van der Waals surface area contributed by atoms with Crippen molar-refractivity contribution in [3.8, 4) is 11.5 Å². The molecule has 1 aliphatic rings. The van der Waals surface area contributed by atoms with Crippen LogP contribution in [-0.4, -0.2) is 69.1 Å². The maximum atomic E-state index is 12.8. The normalized spacial score (nSPS) is 17.4. The number of rotatable bonds is 11. The van der Waals surface area contributed by atoms with Gasteiger partial charge >= 0.3 is 5.97 Å². The van der Waals surface area contributed by atoms with E-state index in [0.717, 1.165) is 6.42 Å². The molecule has 8 nitrogen and oxygen atoms in total. The highest BCUT2D eigenvalue weighted by atomic mass is 32.2. The molecule has 0 bridgehead atoms. The Hall–Kier alpha value is -2.29. The molecule has 9 heteroatoms. The Morgan fingerprint density at radius 3 is 2.48 bits per heavy atom. The number of nitrogens with zero attached hydrogens (tertiary/aromatic N) is 1. The molecule has 1 unspecified atom stereocenters. The molecular formula is C22H33NO7S. The van der Waals surface area contributed by atoms with E-state index in [1.165, 1.54) is 11.0 Å². The Morgan fingerprint density at radius 1 is 1.16 bits per heavy atom. The second-order valence-electron chi connectivity index (χ2n) is 8.02. The fourth-order valence-corrected chi connectivity index (χ4v) is 5.13. The number of amides is 1. The first-order valence-corrected chi connectivity index (χ1v) is 12.6. The Bertz CT molecular complexity index is 867. The fraction of sp³-hybridized carbons (Fsp3) is 0.636. The summed E-state index contributed by atoms with van der Waals surface area (Å²) in [7, 11) is -3.13. The molecule has 1 aromatic rings. The van der Waals surface area contributed by atoms with Crippen LogP contribution in [0.15, 0.2) is 18.2 Å². The van der Waals surface area contributed by atoms with Crippen molar-refractivity contribution in [1.29, 1.82) is 0 Å². The minimum atomic E-state index is -3.13. The van der Waals surface area contributed by atoms with E-state index >= 15 is 0 Å². The van der Waals surface area contributed by atoms with Crippen LogP contribution in [0.4, 0.5) is 0 Å². The zero-order valence-electron chi connectivity index (χ0n) is 18.8. The molecule has 1 fully saturated rings. The number of benzene rings is 1. The van der Waals surface area contributed by atoms with Gasteiger partial charge in [0.2, 0.25) is 0 Å². The average Bonchev–Trinajstić information content (AvgIpc) is 3.08. The summed E-state index contributed by atoms with van der Waals surface area (Å²) in [6.45, 7) is 8.64. The Morgan fingerprint density at radius 2 is 1.90 bits per heavy atom. The number of esters is 1. The first-order chi connectivity index (χ1) is 14.7. The lowest BCUT2D eigenvalue weighted by molar-refractivity contribution is -0.137. The van der Waals surface area contributed by atoms with Gasteiger partial charge in [0.1, 0.15) is 0 Å². The van der Waals surface area contributed by atoms with Gasteiger partial charge in [-0.25, -0.2) is 13.2 Å². The molecule has 0 aliphatic carbocycles. The minimum absolute atomic E-state index is 0.0453. The lowest BCUT2D eigenvalue weighted by Gasteiger charge is -2.29. The monoisotopic (exact) mass is 455 g/mol. The van der Waals surface area contributed by atoms with Gasteiger partial charge in [0, 0.05) is 12.6 Å². The molecule has 0 radical (unpaired) electrons. The Balaban J connectivity index is 2.05. The van der Waals surface area contributed by atoms with E-state index in [1.54, 1.807) is 12.1 Å². The van der Waals surface area contributed by atoms with E-state index < -0.39 is 28.3 Å². The SMILES string of the molecule is CCCOc1ccc(C(=O)OCC(=O)N(CC(C)C)C2CCS(=O)(=O)C2)cc1OCC. The van der Waals surface area contributed by atoms with E-state index in [9.17, 15) is 18.0 Å². The smallest absolute Gasteiger partial charge is 0.338 e. The molecule has 0 saturated carbocycles. The Labute approximate surface area is 184 Å². The van der Waals surface area contributed by atoms with Crippen molar-refractivity contribution in [3.63, 3.8) is 0 Å². The summed E-state index contributed by atoms with van der Waals surface area (Å²) in [6.07, 6.45) is 1.25. The second-order valence-corrected chi connectivity index (χ2v) is 10.2. The van der Waals surface area contributed by atoms with Crippen molar-refractivity contribution in [2.45, 2.75) is 46.6 Å². The van der Waals surface area contributed by atoms with Gasteiger partial charge in [0.05, 0.1) is 30.3 Å². The summed E-state index contributed by atoms with van der Waals surface area (Å²) in [6, 6.07) is 4.37. The summed E-state index contributed by atoms with van der Waals surface area (Å²) in [5, 5.41) is 0. The highest BCUT2D eigenvalue weighted by Gasteiger charge is 2.35. The molecule has 1 heterocycles. The average molecular weight is 456 g/mol. The largest absolute Gasteiger partial charge is 0.490 e. The standard InChI is InChI=1S/C22H33NO7S/c1-5-10-29-19-8-7-17(12-20(19)28-6-2)22(25)30-14-21(24)23(13-16(3)4)18-9-11-31(26,27)15-18/h7-8,12,16,18H,5-6,9-11,13-15H2,1-4H3. The third kappa shape index (κ3) is 7.41. The highest BCUT2D eigenvalue weighted by Crippen LogP contribution is 2.29. The third-order valence-corrected chi connectivity index (χ3v) is 6.55. The lowest BCUT2D eigenvalue weighted by Crippen LogP contribution is -2.45. The van der Waals surface area contributed by atoms with Gasteiger partial charge in [0.25, 0.3) is 5.91 Å². The minimum Gasteiger partial charge on any atom is -0.490 e. The van der Waals surface area contributed by atoms with Gasteiger partial charge in [-0.05, 0) is 43.9 Å². The topological polar surface area (TPSA) is 99.2 Å². The van der Waals surface area contributed by atoms with Crippen molar-refractivity contribution in [3.05, 3.63) is 23.8 Å². The molecule has 31 heavy (non-hydrogen) atoms. The predicted molar refractivity (Wildman–Crippen MR) is 117 cm³/mol. The van der Waals surface area contributed by atoms with E-state index in [-0.39, 0.29) is 29.0 Å². The number of sulfone groups is 1. The first kappa shape index (κ1) is 25.0. The number of ether oxygens (including phenoxy) is 3. The molecule has 1 aromatic carbocycles. The summed E-state index contributed by atoms with van der Waals surface area (Å²) in [5.41, 5.74) is 0.249. The summed E-state index contributed by atoms with van der Waals surface area (Å²) in [5.74, 6) is 0.128. The summed E-state index contributed by atoms with van der Waals surface area (Å²) in [4.78, 5) is 26.8. The molecule has 0 N–H and O–H groups in total. The van der Waals surface area contributed by atoms with Gasteiger partial charge in [-0.1, -0.05) is 20.8 Å². The molecule has 1 saturated heterocycles. The second kappa shape index (κ2) is 11.4. The van der Waals surface area contributed by atoms with Crippen LogP contribution in [0, 0.1) is 5.92 Å². The van der Waals surface area contributed by atoms with Crippen LogP contribution in [0.25, 0.3) is 0 Å². The van der Waals surface area contributed by atoms with Crippen LogP contribution in [0.1, 0.15) is 50.9 Å². The van der Waals surface area contributed by atoms with Crippen LogP contribution in [-0.2, 0) is 19.4 Å². The van der Waals surface area contributed by atoms with Gasteiger partial charge in [0.15, 0.2) is 27.9 Å². The number of hydrogen-bond donors (Lipinski definition) is 0. The van der Waals surface area contributed by atoms with Gasteiger partial charge in [-0.15, -0.1) is 0 Å². The van der Waals surface area contributed by atoms with E-state index in [2.05, 4.69) is 0 Å². The van der Waals surface area contributed by atoms with Crippen molar-refractivity contribution < 1.29 is 32.2 Å². The summed E-state index contributed by atoms with van der Waals surface area (Å²) >= 11 is 0. The van der Waals surface area contributed by atoms with E-state index in [1.807, 2.05) is 27.7 Å². The maximum Gasteiger partial charge on any atom is 0.338 e. The highest BCUT2D eigenvalue weighted by molar-refractivity contribution is 7.91. The van der Waals surface area contributed by atoms with Gasteiger partial charge in [-0.3, -0.25) is 4.79 Å². The predicted octanol–water partition coefficient (Wildman–Crippen LogP) is 2.70. The molecule has 2 rings (SSSR count). The molecular weight excluding hydrogens is 422 g/mol. The number of carbonyl (C=O) groups excluding carboxylic acids is 2. The van der Waals surface area contributed by atoms with Crippen LogP contribution >= 0.6 is 0 Å². The molecule has 1 atom stereocenters. The number of hydrogen-bond acceptors (Lipinski definition) is 7. The van der Waals surface area contributed by atoms with Crippen LogP contribution in [0.2, 0.25) is 0 Å². The zero-order chi connectivity index (χ0) is 23.0. The quantitative estimate of drug-likeness (QED) is 0.473. The number of carbonyl (C=O) groups is 2. The van der Waals surface area contributed by atoms with Crippen molar-refractivity contribution >= 4 is 21.7 Å². The van der Waals surface area contributed by atoms with Crippen molar-refractivity contribution in [2.75, 3.05) is 37.9 Å². The maximum absolute atomic E-state index is 12.8.